The number of aryl methyl sites for hydroxylation is 1. The van der Waals surface area contributed by atoms with Gasteiger partial charge in [0.25, 0.3) is 0 Å². The van der Waals surface area contributed by atoms with Crippen LogP contribution in [0.25, 0.3) is 11.1 Å². The van der Waals surface area contributed by atoms with Crippen molar-refractivity contribution in [3.63, 3.8) is 0 Å². The van der Waals surface area contributed by atoms with Gasteiger partial charge in [0.05, 0.1) is 27.4 Å². The summed E-state index contributed by atoms with van der Waals surface area (Å²) in [5, 5.41) is 3.07. The van der Waals surface area contributed by atoms with E-state index in [2.05, 4.69) is 17.4 Å². The van der Waals surface area contributed by atoms with E-state index in [1.807, 2.05) is 18.2 Å². The average Bonchev–Trinajstić information content (AvgIpc) is 2.77. The molecule has 0 unspecified atom stereocenters. The van der Waals surface area contributed by atoms with E-state index in [0.29, 0.717) is 17.2 Å². The number of ether oxygens (including phenoxy) is 3. The van der Waals surface area contributed by atoms with Gasteiger partial charge in [-0.1, -0.05) is 24.3 Å². The van der Waals surface area contributed by atoms with Crippen LogP contribution in [-0.2, 0) is 11.2 Å². The molecular weight excluding hydrogens is 318 g/mol. The largest absolute Gasteiger partial charge is 0.493 e. The van der Waals surface area contributed by atoms with Crippen molar-refractivity contribution >= 4 is 5.91 Å². The first kappa shape index (κ1) is 17.1. The maximum absolute atomic E-state index is 11.7. The number of rotatable bonds is 4. The van der Waals surface area contributed by atoms with Crippen LogP contribution in [0.5, 0.6) is 17.2 Å². The van der Waals surface area contributed by atoms with E-state index in [9.17, 15) is 4.79 Å². The predicted octanol–water partition coefficient (Wildman–Crippen LogP) is 3.50. The fourth-order valence-electron chi connectivity index (χ4n) is 3.58. The summed E-state index contributed by atoms with van der Waals surface area (Å²) in [5.74, 6) is 1.85. The van der Waals surface area contributed by atoms with Crippen LogP contribution >= 0.6 is 0 Å². The van der Waals surface area contributed by atoms with Crippen LogP contribution in [0.4, 0.5) is 0 Å². The molecule has 0 saturated carbocycles. The first-order valence-corrected chi connectivity index (χ1v) is 8.29. The van der Waals surface area contributed by atoms with E-state index in [-0.39, 0.29) is 11.9 Å². The molecule has 132 valence electrons. The standard InChI is InChI=1S/C20H23NO4/c1-12(22)21-16-10-9-13-11-17(23-2)19(24-3)20(25-4)18(13)15-8-6-5-7-14(15)16/h5-8,11,16H,9-10H2,1-4H3,(H,21,22)/t16-/m1/s1. The fraction of sp³-hybridized carbons (Fsp3) is 0.350. The van der Waals surface area contributed by atoms with Crippen LogP contribution in [0.3, 0.4) is 0 Å². The summed E-state index contributed by atoms with van der Waals surface area (Å²) in [4.78, 5) is 11.7. The number of fused-ring (bicyclic) bond motifs is 3. The van der Waals surface area contributed by atoms with Crippen molar-refractivity contribution in [2.75, 3.05) is 21.3 Å². The first-order valence-electron chi connectivity index (χ1n) is 8.29. The van der Waals surface area contributed by atoms with Crippen LogP contribution < -0.4 is 19.5 Å². The zero-order valence-electron chi connectivity index (χ0n) is 15.0. The molecule has 3 rings (SSSR count). The molecule has 5 heteroatoms. The molecule has 1 N–H and O–H groups in total. The monoisotopic (exact) mass is 341 g/mol. The summed E-state index contributed by atoms with van der Waals surface area (Å²) in [6.07, 6.45) is 1.61. The van der Waals surface area contributed by atoms with Gasteiger partial charge in [-0.3, -0.25) is 4.79 Å². The summed E-state index contributed by atoms with van der Waals surface area (Å²) < 4.78 is 16.8. The lowest BCUT2D eigenvalue weighted by Crippen LogP contribution is -2.26. The maximum Gasteiger partial charge on any atom is 0.217 e. The van der Waals surface area contributed by atoms with E-state index in [4.69, 9.17) is 14.2 Å². The number of carbonyl (C=O) groups is 1. The molecule has 0 saturated heterocycles. The van der Waals surface area contributed by atoms with Gasteiger partial charge >= 0.3 is 0 Å². The Bertz CT molecular complexity index is 801. The minimum absolute atomic E-state index is 0.0344. The summed E-state index contributed by atoms with van der Waals surface area (Å²) in [5.41, 5.74) is 4.26. The van der Waals surface area contributed by atoms with E-state index in [0.717, 1.165) is 35.1 Å². The van der Waals surface area contributed by atoms with Gasteiger partial charge in [-0.25, -0.2) is 0 Å². The van der Waals surface area contributed by atoms with E-state index in [1.165, 1.54) is 0 Å². The van der Waals surface area contributed by atoms with Gasteiger partial charge in [0.15, 0.2) is 11.5 Å². The number of hydrogen-bond acceptors (Lipinski definition) is 4. The fourth-order valence-corrected chi connectivity index (χ4v) is 3.58. The maximum atomic E-state index is 11.7. The highest BCUT2D eigenvalue weighted by Crippen LogP contribution is 2.50. The molecule has 0 spiro atoms. The molecular formula is C20H23NO4. The molecule has 0 radical (unpaired) electrons. The molecule has 0 bridgehead atoms. The second kappa shape index (κ2) is 7.05. The van der Waals surface area contributed by atoms with Gasteiger partial charge in [-0.05, 0) is 35.6 Å². The first-order chi connectivity index (χ1) is 12.1. The molecule has 0 heterocycles. The quantitative estimate of drug-likeness (QED) is 0.925. The third kappa shape index (κ3) is 3.02. The topological polar surface area (TPSA) is 56.8 Å². The van der Waals surface area contributed by atoms with Gasteiger partial charge < -0.3 is 19.5 Å². The Morgan fingerprint density at radius 1 is 1.08 bits per heavy atom. The van der Waals surface area contributed by atoms with E-state index >= 15 is 0 Å². The van der Waals surface area contributed by atoms with Crippen molar-refractivity contribution in [3.8, 4) is 28.4 Å². The molecule has 1 amide bonds. The second-order valence-corrected chi connectivity index (χ2v) is 6.06. The molecule has 2 aromatic rings. The van der Waals surface area contributed by atoms with Crippen molar-refractivity contribution in [1.82, 2.24) is 5.32 Å². The zero-order valence-corrected chi connectivity index (χ0v) is 15.0. The minimum Gasteiger partial charge on any atom is -0.493 e. The highest BCUT2D eigenvalue weighted by molar-refractivity contribution is 5.83. The van der Waals surface area contributed by atoms with Crippen molar-refractivity contribution in [1.29, 1.82) is 0 Å². The highest BCUT2D eigenvalue weighted by Gasteiger charge is 2.28. The Morgan fingerprint density at radius 3 is 2.44 bits per heavy atom. The summed E-state index contributed by atoms with van der Waals surface area (Å²) in [6, 6.07) is 10.1. The predicted molar refractivity (Wildman–Crippen MR) is 96.4 cm³/mol. The molecule has 1 aliphatic rings. The van der Waals surface area contributed by atoms with Crippen molar-refractivity contribution in [2.45, 2.75) is 25.8 Å². The zero-order chi connectivity index (χ0) is 18.0. The van der Waals surface area contributed by atoms with Gasteiger partial charge in [0.1, 0.15) is 0 Å². The Balaban J connectivity index is 2.28. The summed E-state index contributed by atoms with van der Waals surface area (Å²) >= 11 is 0. The van der Waals surface area contributed by atoms with Gasteiger partial charge in [0.2, 0.25) is 11.7 Å². The van der Waals surface area contributed by atoms with E-state index < -0.39 is 0 Å². The lowest BCUT2D eigenvalue weighted by molar-refractivity contribution is -0.119. The van der Waals surface area contributed by atoms with Crippen molar-refractivity contribution in [2.24, 2.45) is 0 Å². The number of methoxy groups -OCH3 is 3. The number of amides is 1. The highest BCUT2D eigenvalue weighted by atomic mass is 16.5. The molecule has 25 heavy (non-hydrogen) atoms. The number of hydrogen-bond donors (Lipinski definition) is 1. The molecule has 0 aromatic heterocycles. The third-order valence-corrected chi connectivity index (χ3v) is 4.60. The van der Waals surface area contributed by atoms with Crippen LogP contribution in [0.1, 0.15) is 30.5 Å². The van der Waals surface area contributed by atoms with Crippen LogP contribution in [-0.4, -0.2) is 27.2 Å². The Morgan fingerprint density at radius 2 is 1.80 bits per heavy atom. The van der Waals surface area contributed by atoms with Crippen LogP contribution in [0.15, 0.2) is 30.3 Å². The normalized spacial score (nSPS) is 15.4. The molecule has 5 nitrogen and oxygen atoms in total. The molecule has 0 fully saturated rings. The van der Waals surface area contributed by atoms with E-state index in [1.54, 1.807) is 28.3 Å². The van der Waals surface area contributed by atoms with Crippen LogP contribution in [0.2, 0.25) is 0 Å². The van der Waals surface area contributed by atoms with Gasteiger partial charge in [0, 0.05) is 12.5 Å². The smallest absolute Gasteiger partial charge is 0.217 e. The molecule has 0 aliphatic heterocycles. The minimum atomic E-state index is -0.0391. The molecule has 1 atom stereocenters. The molecule has 2 aromatic carbocycles. The second-order valence-electron chi connectivity index (χ2n) is 6.06. The summed E-state index contributed by atoms with van der Waals surface area (Å²) in [7, 11) is 4.86. The Kier molecular flexibility index (Phi) is 4.83. The summed E-state index contributed by atoms with van der Waals surface area (Å²) in [6.45, 7) is 1.55. The van der Waals surface area contributed by atoms with Crippen LogP contribution in [0, 0.1) is 0 Å². The Labute approximate surface area is 147 Å². The molecule has 1 aliphatic carbocycles. The number of carbonyl (C=O) groups excluding carboxylic acids is 1. The Hall–Kier alpha value is -2.69. The average molecular weight is 341 g/mol. The SMILES string of the molecule is COc1cc2c(c(OC)c1OC)-c1ccccc1[C@H](NC(C)=O)CC2. The number of nitrogens with one attached hydrogen (secondary N) is 1. The van der Waals surface area contributed by atoms with Crippen molar-refractivity contribution in [3.05, 3.63) is 41.5 Å². The number of benzene rings is 2. The van der Waals surface area contributed by atoms with Crippen molar-refractivity contribution < 1.29 is 19.0 Å². The lowest BCUT2D eigenvalue weighted by Gasteiger charge is -2.20. The van der Waals surface area contributed by atoms with Gasteiger partial charge in [-0.15, -0.1) is 0 Å². The third-order valence-electron chi connectivity index (χ3n) is 4.60. The lowest BCUT2D eigenvalue weighted by atomic mass is 9.94. The van der Waals surface area contributed by atoms with Gasteiger partial charge in [-0.2, -0.15) is 0 Å².